The van der Waals surface area contributed by atoms with Crippen LogP contribution < -0.4 is 21.3 Å². The summed E-state index contributed by atoms with van der Waals surface area (Å²) in [4.78, 5) is 51.7. The second-order valence-corrected chi connectivity index (χ2v) is 9.17. The number of halogens is 1. The van der Waals surface area contributed by atoms with Gasteiger partial charge in [0.05, 0.1) is 29.6 Å². The van der Waals surface area contributed by atoms with Crippen LogP contribution in [0, 0.1) is 0 Å². The minimum atomic E-state index is -0.585. The Morgan fingerprint density at radius 3 is 2.54 bits per heavy atom. The van der Waals surface area contributed by atoms with E-state index in [0.717, 1.165) is 30.3 Å². The number of methoxy groups -OCH3 is 1. The van der Waals surface area contributed by atoms with Crippen LogP contribution in [0.15, 0.2) is 52.1 Å². The quantitative estimate of drug-likeness (QED) is 0.456. The van der Waals surface area contributed by atoms with E-state index >= 15 is 0 Å². The molecule has 8 nitrogen and oxygen atoms in total. The summed E-state index contributed by atoms with van der Waals surface area (Å²) in [6.45, 7) is -0.173. The number of ketones is 1. The number of Topliss-reactive ketones (excluding diaryl/α,β-unsaturated/α-hetero) is 1. The molecule has 1 saturated carbocycles. The second kappa shape index (κ2) is 10.9. The fourth-order valence-electron chi connectivity index (χ4n) is 4.56. The lowest BCUT2D eigenvalue weighted by Crippen LogP contribution is -2.41. The highest BCUT2D eigenvalue weighted by molar-refractivity contribution is 6.32. The Bertz CT molecular complexity index is 1370. The Hall–Kier alpha value is -3.39. The van der Waals surface area contributed by atoms with Crippen molar-refractivity contribution in [2.24, 2.45) is 0 Å². The number of para-hydroxylation sites is 1. The van der Waals surface area contributed by atoms with Crippen LogP contribution in [0.25, 0.3) is 10.9 Å². The number of carbonyl (C=O) groups excluding carboxylic acids is 2. The maximum absolute atomic E-state index is 13.3. The maximum Gasteiger partial charge on any atom is 0.331 e. The van der Waals surface area contributed by atoms with Crippen molar-refractivity contribution in [3.8, 4) is 5.75 Å². The van der Waals surface area contributed by atoms with Crippen LogP contribution >= 0.6 is 11.6 Å². The van der Waals surface area contributed by atoms with E-state index in [4.69, 9.17) is 16.3 Å². The van der Waals surface area contributed by atoms with Crippen molar-refractivity contribution < 1.29 is 14.3 Å². The summed E-state index contributed by atoms with van der Waals surface area (Å²) in [5.74, 6) is 0.0388. The second-order valence-electron chi connectivity index (χ2n) is 8.77. The summed E-state index contributed by atoms with van der Waals surface area (Å²) in [6.07, 6.45) is 4.80. The highest BCUT2D eigenvalue weighted by Crippen LogP contribution is 2.25. The molecule has 1 aromatic heterocycles. The summed E-state index contributed by atoms with van der Waals surface area (Å²) < 4.78 is 7.54. The average Bonchev–Trinajstić information content (AvgIpc) is 3.36. The Balaban J connectivity index is 1.58. The van der Waals surface area contributed by atoms with Crippen molar-refractivity contribution >= 4 is 34.2 Å². The van der Waals surface area contributed by atoms with E-state index in [1.165, 1.54) is 17.7 Å². The molecule has 1 fully saturated rings. The van der Waals surface area contributed by atoms with E-state index in [1.807, 2.05) is 0 Å². The fourth-order valence-corrected chi connectivity index (χ4v) is 4.82. The van der Waals surface area contributed by atoms with E-state index in [0.29, 0.717) is 28.6 Å². The SMILES string of the molecule is COc1ccc(C(=O)Cn2c(=O)n(CCCC(=O)NC3CCCC3)c(=O)c3ccccc32)cc1Cl. The molecule has 1 N–H and O–H groups in total. The van der Waals surface area contributed by atoms with Crippen molar-refractivity contribution in [1.82, 2.24) is 14.5 Å². The van der Waals surface area contributed by atoms with Gasteiger partial charge in [0.2, 0.25) is 5.91 Å². The molecule has 1 heterocycles. The summed E-state index contributed by atoms with van der Waals surface area (Å²) in [7, 11) is 1.48. The Labute approximate surface area is 207 Å². The molecular formula is C26H28ClN3O5. The van der Waals surface area contributed by atoms with Gasteiger partial charge < -0.3 is 10.1 Å². The maximum atomic E-state index is 13.3. The number of benzene rings is 2. The van der Waals surface area contributed by atoms with Gasteiger partial charge >= 0.3 is 5.69 Å². The standard InChI is InChI=1S/C26H28ClN3O5/c1-35-23-13-12-17(15-20(23)27)22(31)16-30-21-10-5-4-9-19(21)25(33)29(26(30)34)14-6-11-24(32)28-18-7-2-3-8-18/h4-5,9-10,12-13,15,18H,2-3,6-8,11,14,16H2,1H3,(H,28,32). The third-order valence-corrected chi connectivity index (χ3v) is 6.71. The molecule has 0 radical (unpaired) electrons. The van der Waals surface area contributed by atoms with Crippen molar-refractivity contribution in [3.05, 3.63) is 73.9 Å². The van der Waals surface area contributed by atoms with E-state index < -0.39 is 11.2 Å². The number of hydrogen-bond donors (Lipinski definition) is 1. The zero-order valence-corrected chi connectivity index (χ0v) is 20.3. The van der Waals surface area contributed by atoms with Crippen LogP contribution in [0.5, 0.6) is 5.75 Å². The molecule has 0 aliphatic heterocycles. The number of rotatable bonds is 9. The molecule has 0 saturated heterocycles. The van der Waals surface area contributed by atoms with Crippen LogP contribution in [-0.2, 0) is 17.9 Å². The fraction of sp³-hybridized carbons (Fsp3) is 0.385. The van der Waals surface area contributed by atoms with Crippen LogP contribution in [0.2, 0.25) is 5.02 Å². The first-order valence-corrected chi connectivity index (χ1v) is 12.2. The molecule has 1 aliphatic carbocycles. The van der Waals surface area contributed by atoms with Gasteiger partial charge in [-0.05, 0) is 49.6 Å². The molecule has 0 bridgehead atoms. The van der Waals surface area contributed by atoms with E-state index in [1.54, 1.807) is 36.4 Å². The number of ether oxygens (including phenoxy) is 1. The van der Waals surface area contributed by atoms with Gasteiger partial charge in [-0.3, -0.25) is 23.5 Å². The van der Waals surface area contributed by atoms with Gasteiger partial charge in [0, 0.05) is 24.6 Å². The number of hydrogen-bond acceptors (Lipinski definition) is 5. The van der Waals surface area contributed by atoms with Gasteiger partial charge in [-0.2, -0.15) is 0 Å². The summed E-state index contributed by atoms with van der Waals surface area (Å²) in [6, 6.07) is 11.6. The number of carbonyl (C=O) groups is 2. The van der Waals surface area contributed by atoms with Crippen LogP contribution in [0.1, 0.15) is 48.9 Å². The Morgan fingerprint density at radius 1 is 1.09 bits per heavy atom. The first-order valence-electron chi connectivity index (χ1n) is 11.8. The molecule has 35 heavy (non-hydrogen) atoms. The van der Waals surface area contributed by atoms with Crippen LogP contribution in [-0.4, -0.2) is 34.0 Å². The predicted molar refractivity (Wildman–Crippen MR) is 134 cm³/mol. The number of amides is 1. The van der Waals surface area contributed by atoms with Gasteiger partial charge in [-0.15, -0.1) is 0 Å². The molecular weight excluding hydrogens is 470 g/mol. The van der Waals surface area contributed by atoms with E-state index in [-0.39, 0.29) is 42.3 Å². The number of aromatic nitrogens is 2. The van der Waals surface area contributed by atoms with E-state index in [2.05, 4.69) is 5.32 Å². The molecule has 1 amide bonds. The number of nitrogens with zero attached hydrogens (tertiary/aromatic N) is 2. The van der Waals surface area contributed by atoms with Crippen molar-refractivity contribution in [2.75, 3.05) is 7.11 Å². The highest BCUT2D eigenvalue weighted by Gasteiger charge is 2.19. The summed E-state index contributed by atoms with van der Waals surface area (Å²) in [5, 5.41) is 3.64. The zero-order valence-electron chi connectivity index (χ0n) is 19.6. The van der Waals surface area contributed by atoms with Crippen molar-refractivity contribution in [2.45, 2.75) is 57.7 Å². The predicted octanol–water partition coefficient (Wildman–Crippen LogP) is 3.55. The topological polar surface area (TPSA) is 99.4 Å². The largest absolute Gasteiger partial charge is 0.495 e. The molecule has 2 aromatic carbocycles. The minimum absolute atomic E-state index is 0.0716. The lowest BCUT2D eigenvalue weighted by Gasteiger charge is -2.15. The third kappa shape index (κ3) is 5.48. The first-order chi connectivity index (χ1) is 16.9. The molecule has 9 heteroatoms. The number of fused-ring (bicyclic) bond motifs is 1. The van der Waals surface area contributed by atoms with Gasteiger partial charge in [-0.1, -0.05) is 36.6 Å². The van der Waals surface area contributed by atoms with Crippen LogP contribution in [0.3, 0.4) is 0 Å². The molecule has 184 valence electrons. The molecule has 0 unspecified atom stereocenters. The smallest absolute Gasteiger partial charge is 0.331 e. The zero-order chi connectivity index (χ0) is 24.9. The normalized spacial score (nSPS) is 13.8. The minimum Gasteiger partial charge on any atom is -0.495 e. The van der Waals surface area contributed by atoms with Gasteiger partial charge in [0.1, 0.15) is 5.75 Å². The first kappa shape index (κ1) is 24.7. The van der Waals surface area contributed by atoms with Crippen LogP contribution in [0.4, 0.5) is 0 Å². The average molecular weight is 498 g/mol. The molecule has 0 atom stereocenters. The highest BCUT2D eigenvalue weighted by atomic mass is 35.5. The third-order valence-electron chi connectivity index (χ3n) is 6.41. The lowest BCUT2D eigenvalue weighted by atomic mass is 10.1. The molecule has 3 aromatic rings. The van der Waals surface area contributed by atoms with Gasteiger partial charge in [0.15, 0.2) is 5.78 Å². The van der Waals surface area contributed by atoms with Gasteiger partial charge in [0.25, 0.3) is 5.56 Å². The molecule has 0 spiro atoms. The lowest BCUT2D eigenvalue weighted by molar-refractivity contribution is -0.121. The molecule has 1 aliphatic rings. The summed E-state index contributed by atoms with van der Waals surface area (Å²) in [5.41, 5.74) is -0.311. The number of nitrogens with one attached hydrogen (secondary N) is 1. The Morgan fingerprint density at radius 2 is 1.83 bits per heavy atom. The van der Waals surface area contributed by atoms with Crippen molar-refractivity contribution in [1.29, 1.82) is 0 Å². The van der Waals surface area contributed by atoms with Gasteiger partial charge in [-0.25, -0.2) is 4.79 Å². The van der Waals surface area contributed by atoms with E-state index in [9.17, 15) is 19.2 Å². The Kier molecular flexibility index (Phi) is 7.70. The monoisotopic (exact) mass is 497 g/mol. The molecule has 4 rings (SSSR count). The van der Waals surface area contributed by atoms with Crippen molar-refractivity contribution in [3.63, 3.8) is 0 Å². The summed E-state index contributed by atoms with van der Waals surface area (Å²) >= 11 is 6.16.